The average molecular weight is 249 g/mol. The zero-order chi connectivity index (χ0) is 12.8. The molecule has 4 heteroatoms. The predicted molar refractivity (Wildman–Crippen MR) is 73.7 cm³/mol. The van der Waals surface area contributed by atoms with Crippen molar-refractivity contribution in [1.29, 1.82) is 0 Å². The SMILES string of the molecule is CCCNc1ncccc1CN(C)C1CCOC1. The number of nitrogens with one attached hydrogen (secondary N) is 1. The fourth-order valence-electron chi connectivity index (χ4n) is 2.24. The van der Waals surface area contributed by atoms with E-state index >= 15 is 0 Å². The lowest BCUT2D eigenvalue weighted by Gasteiger charge is -2.23. The highest BCUT2D eigenvalue weighted by atomic mass is 16.5. The van der Waals surface area contributed by atoms with Crippen LogP contribution in [0, 0.1) is 0 Å². The van der Waals surface area contributed by atoms with Crippen molar-refractivity contribution >= 4 is 5.82 Å². The highest BCUT2D eigenvalue weighted by molar-refractivity contribution is 5.43. The summed E-state index contributed by atoms with van der Waals surface area (Å²) in [5.74, 6) is 1.02. The molecule has 1 aromatic heterocycles. The maximum absolute atomic E-state index is 5.44. The second-order valence-electron chi connectivity index (χ2n) is 4.87. The molecule has 0 amide bonds. The Bertz CT molecular complexity index is 364. The van der Waals surface area contributed by atoms with Crippen molar-refractivity contribution in [3.63, 3.8) is 0 Å². The zero-order valence-corrected chi connectivity index (χ0v) is 11.4. The maximum Gasteiger partial charge on any atom is 0.130 e. The third kappa shape index (κ3) is 3.43. The van der Waals surface area contributed by atoms with Gasteiger partial charge in [-0.1, -0.05) is 13.0 Å². The monoisotopic (exact) mass is 249 g/mol. The smallest absolute Gasteiger partial charge is 0.130 e. The first kappa shape index (κ1) is 13.3. The molecule has 1 saturated heterocycles. The van der Waals surface area contributed by atoms with E-state index in [0.717, 1.165) is 45.0 Å². The van der Waals surface area contributed by atoms with Crippen molar-refractivity contribution < 1.29 is 4.74 Å². The molecular formula is C14H23N3O. The molecule has 2 rings (SSSR count). The van der Waals surface area contributed by atoms with Gasteiger partial charge in [0.15, 0.2) is 0 Å². The fourth-order valence-corrected chi connectivity index (χ4v) is 2.24. The number of nitrogens with zero attached hydrogens (tertiary/aromatic N) is 2. The summed E-state index contributed by atoms with van der Waals surface area (Å²) in [5.41, 5.74) is 1.26. The second kappa shape index (κ2) is 6.71. The van der Waals surface area contributed by atoms with Gasteiger partial charge in [-0.15, -0.1) is 0 Å². The summed E-state index contributed by atoms with van der Waals surface area (Å²) in [5, 5.41) is 3.39. The van der Waals surface area contributed by atoms with E-state index in [4.69, 9.17) is 4.74 Å². The van der Waals surface area contributed by atoms with Crippen LogP contribution < -0.4 is 5.32 Å². The summed E-state index contributed by atoms with van der Waals surface area (Å²) < 4.78 is 5.44. The Morgan fingerprint density at radius 3 is 3.17 bits per heavy atom. The first-order valence-electron chi connectivity index (χ1n) is 6.77. The molecule has 1 fully saturated rings. The number of rotatable bonds is 6. The molecule has 1 unspecified atom stereocenters. The van der Waals surface area contributed by atoms with E-state index in [-0.39, 0.29) is 0 Å². The Kier molecular flexibility index (Phi) is 4.96. The van der Waals surface area contributed by atoms with Crippen molar-refractivity contribution in [2.45, 2.75) is 32.4 Å². The van der Waals surface area contributed by atoms with Crippen molar-refractivity contribution in [3.05, 3.63) is 23.9 Å². The van der Waals surface area contributed by atoms with Crippen LogP contribution in [0.2, 0.25) is 0 Å². The molecular weight excluding hydrogens is 226 g/mol. The number of ether oxygens (including phenoxy) is 1. The first-order chi connectivity index (χ1) is 8.81. The minimum absolute atomic E-state index is 0.546. The highest BCUT2D eigenvalue weighted by Crippen LogP contribution is 2.18. The van der Waals surface area contributed by atoms with Gasteiger partial charge < -0.3 is 10.1 Å². The van der Waals surface area contributed by atoms with Gasteiger partial charge in [0.1, 0.15) is 5.82 Å². The van der Waals surface area contributed by atoms with Gasteiger partial charge >= 0.3 is 0 Å². The van der Waals surface area contributed by atoms with Gasteiger partial charge in [-0.3, -0.25) is 4.90 Å². The summed E-state index contributed by atoms with van der Waals surface area (Å²) in [6.07, 6.45) is 4.09. The molecule has 100 valence electrons. The van der Waals surface area contributed by atoms with Crippen molar-refractivity contribution in [1.82, 2.24) is 9.88 Å². The molecule has 2 heterocycles. The van der Waals surface area contributed by atoms with Crippen molar-refractivity contribution in [3.8, 4) is 0 Å². The lowest BCUT2D eigenvalue weighted by Crippen LogP contribution is -2.31. The average Bonchev–Trinajstić information content (AvgIpc) is 2.91. The number of anilines is 1. The maximum atomic E-state index is 5.44. The topological polar surface area (TPSA) is 37.4 Å². The molecule has 1 N–H and O–H groups in total. The van der Waals surface area contributed by atoms with Gasteiger partial charge in [-0.25, -0.2) is 4.98 Å². The molecule has 18 heavy (non-hydrogen) atoms. The normalized spacial score (nSPS) is 19.4. The first-order valence-corrected chi connectivity index (χ1v) is 6.77. The molecule has 1 atom stereocenters. The minimum atomic E-state index is 0.546. The van der Waals surface area contributed by atoms with Gasteiger partial charge in [0.05, 0.1) is 6.61 Å². The van der Waals surface area contributed by atoms with E-state index in [1.807, 2.05) is 12.3 Å². The molecule has 0 aliphatic carbocycles. The lowest BCUT2D eigenvalue weighted by atomic mass is 10.2. The quantitative estimate of drug-likeness (QED) is 0.838. The largest absolute Gasteiger partial charge is 0.380 e. The number of pyridine rings is 1. The third-order valence-corrected chi connectivity index (χ3v) is 3.38. The fraction of sp³-hybridized carbons (Fsp3) is 0.643. The van der Waals surface area contributed by atoms with Gasteiger partial charge in [-0.05, 0) is 26.0 Å². The van der Waals surface area contributed by atoms with E-state index in [1.54, 1.807) is 0 Å². The lowest BCUT2D eigenvalue weighted by molar-refractivity contribution is 0.156. The Morgan fingerprint density at radius 1 is 1.56 bits per heavy atom. The molecule has 4 nitrogen and oxygen atoms in total. The highest BCUT2D eigenvalue weighted by Gasteiger charge is 2.20. The number of likely N-dealkylation sites (N-methyl/N-ethyl adjacent to an activating group) is 1. The predicted octanol–water partition coefficient (Wildman–Crippen LogP) is 2.12. The van der Waals surface area contributed by atoms with E-state index in [9.17, 15) is 0 Å². The molecule has 0 bridgehead atoms. The van der Waals surface area contributed by atoms with Crippen LogP contribution in [0.4, 0.5) is 5.82 Å². The van der Waals surface area contributed by atoms with Crippen LogP contribution in [0.3, 0.4) is 0 Å². The minimum Gasteiger partial charge on any atom is -0.380 e. The molecule has 0 spiro atoms. The Morgan fingerprint density at radius 2 is 2.44 bits per heavy atom. The Hall–Kier alpha value is -1.13. The molecule has 1 aliphatic heterocycles. The molecule has 1 aromatic rings. The zero-order valence-electron chi connectivity index (χ0n) is 11.4. The Labute approximate surface area is 109 Å². The van der Waals surface area contributed by atoms with Crippen LogP contribution >= 0.6 is 0 Å². The van der Waals surface area contributed by atoms with Crippen LogP contribution in [0.15, 0.2) is 18.3 Å². The van der Waals surface area contributed by atoms with E-state index in [0.29, 0.717) is 6.04 Å². The molecule has 0 saturated carbocycles. The summed E-state index contributed by atoms with van der Waals surface area (Å²) in [6.45, 7) is 5.81. The molecule has 0 aromatic carbocycles. The van der Waals surface area contributed by atoms with Gasteiger partial charge in [0.25, 0.3) is 0 Å². The van der Waals surface area contributed by atoms with Crippen LogP contribution in [0.25, 0.3) is 0 Å². The number of hydrogen-bond donors (Lipinski definition) is 1. The van der Waals surface area contributed by atoms with Gasteiger partial charge in [-0.2, -0.15) is 0 Å². The molecule has 0 radical (unpaired) electrons. The summed E-state index contributed by atoms with van der Waals surface area (Å²) >= 11 is 0. The third-order valence-electron chi connectivity index (χ3n) is 3.38. The Balaban J connectivity index is 1.98. The molecule has 1 aliphatic rings. The van der Waals surface area contributed by atoms with Gasteiger partial charge in [0.2, 0.25) is 0 Å². The van der Waals surface area contributed by atoms with Crippen LogP contribution in [-0.4, -0.2) is 42.7 Å². The van der Waals surface area contributed by atoms with E-state index < -0.39 is 0 Å². The van der Waals surface area contributed by atoms with Crippen LogP contribution in [0.5, 0.6) is 0 Å². The summed E-state index contributed by atoms with van der Waals surface area (Å²) in [4.78, 5) is 6.79. The summed E-state index contributed by atoms with van der Waals surface area (Å²) in [7, 11) is 2.16. The second-order valence-corrected chi connectivity index (χ2v) is 4.87. The van der Waals surface area contributed by atoms with Crippen LogP contribution in [-0.2, 0) is 11.3 Å². The number of aromatic nitrogens is 1. The van der Waals surface area contributed by atoms with Crippen LogP contribution in [0.1, 0.15) is 25.3 Å². The number of hydrogen-bond acceptors (Lipinski definition) is 4. The van der Waals surface area contributed by atoms with Gasteiger partial charge in [0, 0.05) is 37.5 Å². The van der Waals surface area contributed by atoms with E-state index in [2.05, 4.69) is 35.2 Å². The van der Waals surface area contributed by atoms with Crippen molar-refractivity contribution in [2.75, 3.05) is 32.1 Å². The van der Waals surface area contributed by atoms with Crippen molar-refractivity contribution in [2.24, 2.45) is 0 Å². The van der Waals surface area contributed by atoms with E-state index in [1.165, 1.54) is 5.56 Å². The standard InChI is InChI=1S/C14H23N3O/c1-3-7-15-14-12(5-4-8-16-14)10-17(2)13-6-9-18-11-13/h4-5,8,13H,3,6-7,9-11H2,1-2H3,(H,15,16). The summed E-state index contributed by atoms with van der Waals surface area (Å²) in [6, 6.07) is 4.70.